The van der Waals surface area contributed by atoms with Crippen LogP contribution in [0.2, 0.25) is 0 Å². The highest BCUT2D eigenvalue weighted by atomic mass is 32.2. The molecule has 2 aliphatic heterocycles. The molecule has 0 spiro atoms. The summed E-state index contributed by atoms with van der Waals surface area (Å²) in [4.78, 5) is 27.9. The zero-order valence-electron chi connectivity index (χ0n) is 14.8. The Balaban J connectivity index is 1.58. The molecule has 0 radical (unpaired) electrons. The highest BCUT2D eigenvalue weighted by Gasteiger charge is 2.32. The maximum absolute atomic E-state index is 12.7. The lowest BCUT2D eigenvalue weighted by atomic mass is 10.2. The quantitative estimate of drug-likeness (QED) is 0.535. The number of hydrogen-bond acceptors (Lipinski definition) is 7. The highest BCUT2D eigenvalue weighted by Crippen LogP contribution is 2.32. The van der Waals surface area contributed by atoms with E-state index in [0.29, 0.717) is 21.5 Å². The van der Waals surface area contributed by atoms with E-state index in [1.165, 1.54) is 11.8 Å². The van der Waals surface area contributed by atoms with Gasteiger partial charge in [-0.05, 0) is 23.8 Å². The zero-order valence-corrected chi connectivity index (χ0v) is 16.4. The van der Waals surface area contributed by atoms with Gasteiger partial charge in [0.15, 0.2) is 6.61 Å². The number of primary amides is 1. The molecule has 3 rings (SSSR count). The Morgan fingerprint density at radius 3 is 2.63 bits per heavy atom. The van der Waals surface area contributed by atoms with Crippen LogP contribution in [-0.4, -0.2) is 71.9 Å². The third kappa shape index (κ3) is 5.52. The summed E-state index contributed by atoms with van der Waals surface area (Å²) in [6.07, 6.45) is 1.81. The molecule has 1 aromatic rings. The second-order valence-corrected chi connectivity index (χ2v) is 7.79. The van der Waals surface area contributed by atoms with E-state index in [1.54, 1.807) is 17.0 Å². The first-order valence-corrected chi connectivity index (χ1v) is 9.82. The number of carbonyl (C=O) groups excluding carboxylic acids is 2. The number of morpholine rings is 1. The molecular formula is C18H21N3O4S2. The van der Waals surface area contributed by atoms with Gasteiger partial charge in [-0.1, -0.05) is 36.1 Å². The molecule has 2 heterocycles. The van der Waals surface area contributed by atoms with E-state index in [2.05, 4.69) is 4.90 Å². The van der Waals surface area contributed by atoms with Crippen molar-refractivity contribution in [3.8, 4) is 5.75 Å². The van der Waals surface area contributed by atoms with Gasteiger partial charge in [0.1, 0.15) is 10.1 Å². The Morgan fingerprint density at radius 1 is 1.26 bits per heavy atom. The van der Waals surface area contributed by atoms with Gasteiger partial charge in [-0.3, -0.25) is 19.4 Å². The summed E-state index contributed by atoms with van der Waals surface area (Å²) >= 11 is 6.69. The number of amides is 2. The molecule has 1 aromatic carbocycles. The van der Waals surface area contributed by atoms with Crippen LogP contribution in [0.4, 0.5) is 0 Å². The van der Waals surface area contributed by atoms with E-state index in [-0.39, 0.29) is 12.5 Å². The minimum atomic E-state index is -0.528. The first-order chi connectivity index (χ1) is 13.0. The summed E-state index contributed by atoms with van der Waals surface area (Å²) in [6, 6.07) is 7.09. The minimum absolute atomic E-state index is 0.0627. The molecule has 0 aromatic heterocycles. The van der Waals surface area contributed by atoms with Crippen molar-refractivity contribution in [3.63, 3.8) is 0 Å². The van der Waals surface area contributed by atoms with Crippen LogP contribution in [0.5, 0.6) is 5.75 Å². The smallest absolute Gasteiger partial charge is 0.266 e. The van der Waals surface area contributed by atoms with Gasteiger partial charge in [0, 0.05) is 26.2 Å². The average Bonchev–Trinajstić information content (AvgIpc) is 2.93. The van der Waals surface area contributed by atoms with Crippen LogP contribution in [0.1, 0.15) is 5.56 Å². The van der Waals surface area contributed by atoms with Gasteiger partial charge in [-0.2, -0.15) is 0 Å². The third-order valence-electron chi connectivity index (χ3n) is 4.18. The van der Waals surface area contributed by atoms with Crippen LogP contribution < -0.4 is 10.5 Å². The van der Waals surface area contributed by atoms with Gasteiger partial charge < -0.3 is 15.2 Å². The molecule has 0 saturated carbocycles. The van der Waals surface area contributed by atoms with E-state index in [1.807, 2.05) is 18.2 Å². The predicted octanol–water partition coefficient (Wildman–Crippen LogP) is 1.08. The second-order valence-electron chi connectivity index (χ2n) is 6.11. The fraction of sp³-hybridized carbons (Fsp3) is 0.389. The molecule has 27 heavy (non-hydrogen) atoms. The topological polar surface area (TPSA) is 85.1 Å². The molecule has 2 fully saturated rings. The predicted molar refractivity (Wildman–Crippen MR) is 108 cm³/mol. The first-order valence-electron chi connectivity index (χ1n) is 8.59. The maximum Gasteiger partial charge on any atom is 0.266 e. The van der Waals surface area contributed by atoms with Crippen LogP contribution in [0.3, 0.4) is 0 Å². The number of rotatable bonds is 7. The Labute approximate surface area is 167 Å². The standard InChI is InChI=1S/C18H21N3O4S2/c19-16(22)12-25-14-3-1-13(2-4-14)11-15-17(23)21(18(26)27-15)6-5-20-7-9-24-10-8-20/h1-4,11H,5-10,12H2,(H2,19,22)/b15-11-. The van der Waals surface area contributed by atoms with E-state index in [9.17, 15) is 9.59 Å². The van der Waals surface area contributed by atoms with Crippen molar-refractivity contribution in [3.05, 3.63) is 34.7 Å². The summed E-state index contributed by atoms with van der Waals surface area (Å²) < 4.78 is 11.2. The van der Waals surface area contributed by atoms with E-state index >= 15 is 0 Å². The molecule has 2 amide bonds. The van der Waals surface area contributed by atoms with Crippen molar-refractivity contribution in [1.29, 1.82) is 0 Å². The summed E-state index contributed by atoms with van der Waals surface area (Å²) in [6.45, 7) is 4.44. The van der Waals surface area contributed by atoms with Crippen molar-refractivity contribution >= 4 is 46.2 Å². The molecule has 0 aliphatic carbocycles. The van der Waals surface area contributed by atoms with E-state index in [4.69, 9.17) is 27.4 Å². The van der Waals surface area contributed by atoms with Gasteiger partial charge in [0.2, 0.25) is 0 Å². The van der Waals surface area contributed by atoms with Crippen LogP contribution in [0.15, 0.2) is 29.2 Å². The molecule has 7 nitrogen and oxygen atoms in total. The number of carbonyl (C=O) groups is 2. The largest absolute Gasteiger partial charge is 0.484 e. The van der Waals surface area contributed by atoms with Crippen molar-refractivity contribution in [2.75, 3.05) is 46.0 Å². The SMILES string of the molecule is NC(=O)COc1ccc(/C=C2\SC(=S)N(CCN3CCOCC3)C2=O)cc1. The third-order valence-corrected chi connectivity index (χ3v) is 5.55. The van der Waals surface area contributed by atoms with Crippen molar-refractivity contribution in [1.82, 2.24) is 9.80 Å². The summed E-state index contributed by atoms with van der Waals surface area (Å²) in [5.74, 6) is -0.0452. The number of benzene rings is 1. The molecular weight excluding hydrogens is 386 g/mol. The molecule has 2 N–H and O–H groups in total. The summed E-state index contributed by atoms with van der Waals surface area (Å²) in [5, 5.41) is 0. The molecule has 144 valence electrons. The summed E-state index contributed by atoms with van der Waals surface area (Å²) in [7, 11) is 0. The lowest BCUT2D eigenvalue weighted by Gasteiger charge is -2.28. The molecule has 0 bridgehead atoms. The molecule has 0 unspecified atom stereocenters. The van der Waals surface area contributed by atoms with Gasteiger partial charge in [0.25, 0.3) is 11.8 Å². The second kappa shape index (κ2) is 9.32. The molecule has 2 aliphatic rings. The molecule has 2 saturated heterocycles. The normalized spacial score (nSPS) is 19.7. The van der Waals surface area contributed by atoms with Crippen LogP contribution in [0.25, 0.3) is 6.08 Å². The molecule has 0 atom stereocenters. The number of thiocarbonyl (C=S) groups is 1. The van der Waals surface area contributed by atoms with Crippen molar-refractivity contribution < 1.29 is 19.1 Å². The number of nitrogens with zero attached hydrogens (tertiary/aromatic N) is 2. The van der Waals surface area contributed by atoms with Crippen LogP contribution in [-0.2, 0) is 14.3 Å². The van der Waals surface area contributed by atoms with Crippen molar-refractivity contribution in [2.45, 2.75) is 0 Å². The molecule has 9 heteroatoms. The fourth-order valence-electron chi connectivity index (χ4n) is 2.73. The lowest BCUT2D eigenvalue weighted by Crippen LogP contribution is -2.42. The van der Waals surface area contributed by atoms with Gasteiger partial charge in [0.05, 0.1) is 18.1 Å². The zero-order chi connectivity index (χ0) is 19.2. The van der Waals surface area contributed by atoms with Gasteiger partial charge in [-0.25, -0.2) is 0 Å². The van der Waals surface area contributed by atoms with Crippen molar-refractivity contribution in [2.24, 2.45) is 5.73 Å². The Bertz CT molecular complexity index is 745. The number of hydrogen-bond donors (Lipinski definition) is 1. The monoisotopic (exact) mass is 407 g/mol. The fourth-order valence-corrected chi connectivity index (χ4v) is 4.03. The Morgan fingerprint density at radius 2 is 1.96 bits per heavy atom. The van der Waals surface area contributed by atoms with Crippen LogP contribution in [0, 0.1) is 0 Å². The average molecular weight is 408 g/mol. The number of thioether (sulfide) groups is 1. The maximum atomic E-state index is 12.7. The first kappa shape index (κ1) is 19.8. The van der Waals surface area contributed by atoms with Gasteiger partial charge in [-0.15, -0.1) is 0 Å². The van der Waals surface area contributed by atoms with Gasteiger partial charge >= 0.3 is 0 Å². The number of ether oxygens (including phenoxy) is 2. The minimum Gasteiger partial charge on any atom is -0.484 e. The highest BCUT2D eigenvalue weighted by molar-refractivity contribution is 8.26. The van der Waals surface area contributed by atoms with E-state index < -0.39 is 5.91 Å². The Hall–Kier alpha value is -1.94. The Kier molecular flexibility index (Phi) is 6.84. The lowest BCUT2D eigenvalue weighted by molar-refractivity contribution is -0.122. The number of nitrogens with two attached hydrogens (primary N) is 1. The summed E-state index contributed by atoms with van der Waals surface area (Å²) in [5.41, 5.74) is 5.91. The van der Waals surface area contributed by atoms with Crippen LogP contribution >= 0.6 is 24.0 Å². The van der Waals surface area contributed by atoms with E-state index in [0.717, 1.165) is 38.4 Å².